The summed E-state index contributed by atoms with van der Waals surface area (Å²) in [5.41, 5.74) is 0.211. The number of hydrogen-bond donors (Lipinski definition) is 2. The second kappa shape index (κ2) is 17.7. The van der Waals surface area contributed by atoms with Crippen molar-refractivity contribution >= 4 is 5.97 Å². The van der Waals surface area contributed by atoms with Gasteiger partial charge in [-0.2, -0.15) is 0 Å². The molecule has 0 amide bonds. The first-order valence-corrected chi connectivity index (χ1v) is 8.12. The molecule has 0 heterocycles. The van der Waals surface area contributed by atoms with Gasteiger partial charge in [-0.15, -0.1) is 0 Å². The van der Waals surface area contributed by atoms with Gasteiger partial charge in [0.25, 0.3) is 0 Å². The van der Waals surface area contributed by atoms with Crippen molar-refractivity contribution in [2.75, 3.05) is 72.7 Å². The maximum Gasteiger partial charge on any atom is 0.335 e. The van der Waals surface area contributed by atoms with E-state index in [1.165, 1.54) is 6.92 Å². The van der Waals surface area contributed by atoms with Gasteiger partial charge < -0.3 is 38.6 Å². The Morgan fingerprint density at radius 1 is 0.840 bits per heavy atom. The van der Waals surface area contributed by atoms with Crippen molar-refractivity contribution in [3.8, 4) is 0 Å². The number of aliphatic hydroxyl groups excluding tert-OH is 2. The Hall–Kier alpha value is -1.07. The second-order valence-corrected chi connectivity index (χ2v) is 4.89. The van der Waals surface area contributed by atoms with Gasteiger partial charge in [0.2, 0.25) is 6.29 Å². The van der Waals surface area contributed by atoms with Crippen molar-refractivity contribution in [1.82, 2.24) is 0 Å². The minimum absolute atomic E-state index is 0.0111. The summed E-state index contributed by atoms with van der Waals surface area (Å²) >= 11 is 0. The highest BCUT2D eigenvalue weighted by Gasteiger charge is 2.11. The van der Waals surface area contributed by atoms with Crippen LogP contribution in [0.3, 0.4) is 0 Å². The summed E-state index contributed by atoms with van der Waals surface area (Å²) in [5.74, 6) is -0.661. The van der Waals surface area contributed by atoms with Gasteiger partial charge in [-0.3, -0.25) is 0 Å². The summed E-state index contributed by atoms with van der Waals surface area (Å²) in [6.45, 7) is 8.38. The summed E-state index contributed by atoms with van der Waals surface area (Å²) in [5, 5.41) is 17.9. The third-order valence-electron chi connectivity index (χ3n) is 2.58. The molecule has 0 bridgehead atoms. The van der Waals surface area contributed by atoms with Crippen molar-refractivity contribution in [2.24, 2.45) is 0 Å². The third-order valence-corrected chi connectivity index (χ3v) is 2.58. The maximum absolute atomic E-state index is 11.1. The number of ether oxygens (including phenoxy) is 6. The fourth-order valence-corrected chi connectivity index (χ4v) is 1.39. The third kappa shape index (κ3) is 17.5. The van der Waals surface area contributed by atoms with Crippen LogP contribution in [0.4, 0.5) is 0 Å². The Balaban J connectivity index is 3.19. The van der Waals surface area contributed by atoms with Gasteiger partial charge in [-0.05, 0) is 6.92 Å². The van der Waals surface area contributed by atoms with E-state index in [1.807, 2.05) is 0 Å². The highest BCUT2D eigenvalue weighted by molar-refractivity contribution is 5.86. The Bertz CT molecular complexity index is 336. The van der Waals surface area contributed by atoms with Crippen molar-refractivity contribution in [3.63, 3.8) is 0 Å². The van der Waals surface area contributed by atoms with E-state index in [0.29, 0.717) is 52.9 Å². The monoisotopic (exact) mass is 366 g/mol. The molecule has 0 saturated heterocycles. The lowest BCUT2D eigenvalue weighted by atomic mass is 10.4. The molecular weight excluding hydrogens is 336 g/mol. The van der Waals surface area contributed by atoms with Gasteiger partial charge in [0.05, 0.1) is 66.1 Å². The molecule has 1 unspecified atom stereocenters. The van der Waals surface area contributed by atoms with Crippen LogP contribution < -0.4 is 0 Å². The first kappa shape index (κ1) is 23.9. The largest absolute Gasteiger partial charge is 0.430 e. The minimum Gasteiger partial charge on any atom is -0.430 e. The summed E-state index contributed by atoms with van der Waals surface area (Å²) in [6.07, 6.45) is -1.32. The molecule has 0 saturated carbocycles. The molecule has 0 spiro atoms. The molecule has 0 aromatic rings. The van der Waals surface area contributed by atoms with Crippen LogP contribution in [0.2, 0.25) is 0 Å². The van der Waals surface area contributed by atoms with Crippen molar-refractivity contribution in [1.29, 1.82) is 0 Å². The van der Waals surface area contributed by atoms with Crippen LogP contribution in [-0.4, -0.2) is 95.1 Å². The van der Waals surface area contributed by atoms with E-state index in [1.54, 1.807) is 0 Å². The van der Waals surface area contributed by atoms with Crippen molar-refractivity contribution in [2.45, 2.75) is 13.2 Å². The molecule has 9 nitrogen and oxygen atoms in total. The van der Waals surface area contributed by atoms with Crippen molar-refractivity contribution in [3.05, 3.63) is 12.2 Å². The molecule has 25 heavy (non-hydrogen) atoms. The van der Waals surface area contributed by atoms with Crippen LogP contribution in [0.15, 0.2) is 12.2 Å². The van der Waals surface area contributed by atoms with Crippen LogP contribution in [-0.2, 0) is 33.2 Å². The van der Waals surface area contributed by atoms with E-state index >= 15 is 0 Å². The van der Waals surface area contributed by atoms with E-state index in [4.69, 9.17) is 28.8 Å². The van der Waals surface area contributed by atoms with Gasteiger partial charge in [0, 0.05) is 5.57 Å². The Labute approximate surface area is 148 Å². The van der Waals surface area contributed by atoms with Gasteiger partial charge >= 0.3 is 5.97 Å². The SMILES string of the molecule is C=C(C)C(=O)OC(O)COCCOCCOCCOCCOCCO. The Morgan fingerprint density at radius 3 is 1.64 bits per heavy atom. The Morgan fingerprint density at radius 2 is 1.24 bits per heavy atom. The molecular formula is C16H30O9. The lowest BCUT2D eigenvalue weighted by Gasteiger charge is -2.12. The molecule has 0 aliphatic carbocycles. The van der Waals surface area contributed by atoms with Crippen LogP contribution >= 0.6 is 0 Å². The molecule has 2 N–H and O–H groups in total. The van der Waals surface area contributed by atoms with E-state index in [9.17, 15) is 9.90 Å². The number of esters is 1. The molecule has 0 aliphatic heterocycles. The van der Waals surface area contributed by atoms with Crippen LogP contribution in [0.1, 0.15) is 6.92 Å². The molecule has 0 aliphatic rings. The quantitative estimate of drug-likeness (QED) is 0.143. The zero-order valence-electron chi connectivity index (χ0n) is 14.8. The first-order chi connectivity index (χ1) is 12.1. The molecule has 0 radical (unpaired) electrons. The first-order valence-electron chi connectivity index (χ1n) is 8.12. The van der Waals surface area contributed by atoms with Gasteiger partial charge in [0.1, 0.15) is 6.61 Å². The van der Waals surface area contributed by atoms with Crippen LogP contribution in [0.5, 0.6) is 0 Å². The predicted octanol–water partition coefficient (Wildman–Crippen LogP) is -0.501. The predicted molar refractivity (Wildman–Crippen MR) is 88.1 cm³/mol. The number of carbonyl (C=O) groups is 1. The van der Waals surface area contributed by atoms with Crippen LogP contribution in [0.25, 0.3) is 0 Å². The van der Waals surface area contributed by atoms with Crippen molar-refractivity contribution < 1.29 is 43.4 Å². The van der Waals surface area contributed by atoms with E-state index in [2.05, 4.69) is 11.3 Å². The molecule has 1 atom stereocenters. The van der Waals surface area contributed by atoms with E-state index in [-0.39, 0.29) is 25.4 Å². The fourth-order valence-electron chi connectivity index (χ4n) is 1.39. The highest BCUT2D eigenvalue weighted by Crippen LogP contribution is 1.97. The average molecular weight is 366 g/mol. The molecule has 0 aromatic heterocycles. The zero-order valence-corrected chi connectivity index (χ0v) is 14.8. The van der Waals surface area contributed by atoms with Gasteiger partial charge in [0.15, 0.2) is 0 Å². The van der Waals surface area contributed by atoms with Gasteiger partial charge in [-0.1, -0.05) is 6.58 Å². The molecule has 9 heteroatoms. The molecule has 148 valence electrons. The minimum atomic E-state index is -1.32. The molecule has 0 rings (SSSR count). The number of rotatable bonds is 18. The zero-order chi connectivity index (χ0) is 18.8. The number of carbonyl (C=O) groups excluding carboxylic acids is 1. The fraction of sp³-hybridized carbons (Fsp3) is 0.812. The summed E-state index contributed by atoms with van der Waals surface area (Å²) < 4.78 is 30.6. The van der Waals surface area contributed by atoms with Gasteiger partial charge in [-0.25, -0.2) is 4.79 Å². The average Bonchev–Trinajstić information content (AvgIpc) is 2.58. The topological polar surface area (TPSA) is 113 Å². The second-order valence-electron chi connectivity index (χ2n) is 4.89. The Kier molecular flexibility index (Phi) is 17.0. The van der Waals surface area contributed by atoms with E-state index in [0.717, 1.165) is 0 Å². The highest BCUT2D eigenvalue weighted by atomic mass is 16.7. The summed E-state index contributed by atoms with van der Waals surface area (Å²) in [4.78, 5) is 11.1. The summed E-state index contributed by atoms with van der Waals surface area (Å²) in [6, 6.07) is 0. The lowest BCUT2D eigenvalue weighted by molar-refractivity contribution is -0.173. The van der Waals surface area contributed by atoms with Crippen LogP contribution in [0, 0.1) is 0 Å². The standard InChI is InChI=1S/C16H30O9/c1-14(2)16(19)25-15(18)13-24-12-11-23-10-9-22-8-7-21-6-5-20-4-3-17/h15,17-18H,1,3-13H2,2H3. The maximum atomic E-state index is 11.1. The molecule has 0 fully saturated rings. The normalized spacial score (nSPS) is 12.1. The smallest absolute Gasteiger partial charge is 0.335 e. The lowest BCUT2D eigenvalue weighted by Crippen LogP contribution is -2.24. The number of hydrogen-bond acceptors (Lipinski definition) is 9. The summed E-state index contributed by atoms with van der Waals surface area (Å²) in [7, 11) is 0. The number of aliphatic hydroxyl groups is 2. The molecule has 0 aromatic carbocycles. The van der Waals surface area contributed by atoms with E-state index < -0.39 is 12.3 Å².